The topological polar surface area (TPSA) is 90.6 Å². The van der Waals surface area contributed by atoms with Crippen LogP contribution in [0.5, 0.6) is 0 Å². The number of ether oxygens (including phenoxy) is 2. The van der Waals surface area contributed by atoms with Crippen LogP contribution in [0.3, 0.4) is 0 Å². The monoisotopic (exact) mass is 322 g/mol. The molecule has 0 aliphatic heterocycles. The number of anilines is 1. The van der Waals surface area contributed by atoms with Crippen LogP contribution >= 0.6 is 11.6 Å². The quantitative estimate of drug-likeness (QED) is 0.527. The molecule has 0 atom stereocenters. The summed E-state index contributed by atoms with van der Waals surface area (Å²) in [6, 6.07) is 4.58. The van der Waals surface area contributed by atoms with Crippen molar-refractivity contribution >= 4 is 27.3 Å². The van der Waals surface area contributed by atoms with Gasteiger partial charge in [0.2, 0.25) is 10.0 Å². The van der Waals surface area contributed by atoms with E-state index >= 15 is 0 Å². The molecule has 0 aromatic heterocycles. The van der Waals surface area contributed by atoms with Crippen LogP contribution in [0.15, 0.2) is 23.1 Å². The number of rotatable bonds is 9. The highest BCUT2D eigenvalue weighted by atomic mass is 35.5. The van der Waals surface area contributed by atoms with E-state index in [2.05, 4.69) is 4.72 Å². The van der Waals surface area contributed by atoms with Gasteiger partial charge in [0.15, 0.2) is 0 Å². The minimum absolute atomic E-state index is 0.0815. The fraction of sp³-hybridized carbons (Fsp3) is 0.500. The van der Waals surface area contributed by atoms with Crippen molar-refractivity contribution in [2.24, 2.45) is 0 Å². The zero-order valence-corrected chi connectivity index (χ0v) is 12.8. The lowest BCUT2D eigenvalue weighted by molar-refractivity contribution is 0.0699. The molecule has 0 saturated heterocycles. The van der Waals surface area contributed by atoms with E-state index in [9.17, 15) is 8.42 Å². The fourth-order valence-corrected chi connectivity index (χ4v) is 3.25. The van der Waals surface area contributed by atoms with E-state index in [0.717, 1.165) is 0 Å². The summed E-state index contributed by atoms with van der Waals surface area (Å²) in [5.41, 5.74) is 5.78. The molecule has 20 heavy (non-hydrogen) atoms. The Labute approximate surface area is 124 Å². The molecule has 1 rings (SSSR count). The van der Waals surface area contributed by atoms with Crippen molar-refractivity contribution in [1.29, 1.82) is 0 Å². The van der Waals surface area contributed by atoms with Gasteiger partial charge in [0.05, 0.1) is 23.9 Å². The van der Waals surface area contributed by atoms with Crippen LogP contribution in [0.4, 0.5) is 5.69 Å². The molecule has 0 aliphatic rings. The summed E-state index contributed by atoms with van der Waals surface area (Å²) in [4.78, 5) is -0.0815. The van der Waals surface area contributed by atoms with E-state index in [4.69, 9.17) is 26.8 Å². The van der Waals surface area contributed by atoms with Crippen LogP contribution in [0.25, 0.3) is 0 Å². The Morgan fingerprint density at radius 3 is 2.70 bits per heavy atom. The van der Waals surface area contributed by atoms with Crippen molar-refractivity contribution < 1.29 is 17.9 Å². The number of nitrogens with two attached hydrogens (primary N) is 1. The third kappa shape index (κ3) is 5.26. The lowest BCUT2D eigenvalue weighted by atomic mass is 10.3. The molecule has 1 aromatic rings. The summed E-state index contributed by atoms with van der Waals surface area (Å²) in [5.74, 6) is 0. The minimum atomic E-state index is -3.71. The first-order chi connectivity index (χ1) is 9.49. The maximum atomic E-state index is 12.1. The van der Waals surface area contributed by atoms with Crippen molar-refractivity contribution in [2.75, 3.05) is 39.2 Å². The van der Waals surface area contributed by atoms with E-state index in [1.807, 2.05) is 0 Å². The Morgan fingerprint density at radius 2 is 2.05 bits per heavy atom. The number of halogens is 1. The van der Waals surface area contributed by atoms with Gasteiger partial charge in [0.1, 0.15) is 4.90 Å². The lowest BCUT2D eigenvalue weighted by Gasteiger charge is -2.10. The summed E-state index contributed by atoms with van der Waals surface area (Å²) in [5, 5.41) is 0.105. The Kier molecular flexibility index (Phi) is 7.25. The zero-order chi connectivity index (χ0) is 15.0. The highest BCUT2D eigenvalue weighted by Gasteiger charge is 2.20. The molecule has 0 radical (unpaired) electrons. The SMILES string of the molecule is COCCOCCCNS(=O)(=O)c1c(N)cccc1Cl. The summed E-state index contributed by atoms with van der Waals surface area (Å²) in [6.45, 7) is 1.70. The van der Waals surface area contributed by atoms with Crippen LogP contribution in [0.2, 0.25) is 5.02 Å². The largest absolute Gasteiger partial charge is 0.398 e. The maximum absolute atomic E-state index is 12.1. The third-order valence-electron chi connectivity index (χ3n) is 2.46. The molecular weight excluding hydrogens is 304 g/mol. The molecule has 1 aromatic carbocycles. The third-order valence-corrected chi connectivity index (χ3v) is 4.46. The second-order valence-electron chi connectivity index (χ2n) is 4.01. The van der Waals surface area contributed by atoms with E-state index in [-0.39, 0.29) is 22.2 Å². The van der Waals surface area contributed by atoms with E-state index in [1.165, 1.54) is 12.1 Å². The number of benzene rings is 1. The highest BCUT2D eigenvalue weighted by molar-refractivity contribution is 7.89. The molecular formula is C12H19ClN2O4S. The molecule has 3 N–H and O–H groups in total. The highest BCUT2D eigenvalue weighted by Crippen LogP contribution is 2.26. The molecule has 8 heteroatoms. The first-order valence-corrected chi connectivity index (χ1v) is 7.95. The fourth-order valence-electron chi connectivity index (χ4n) is 1.51. The van der Waals surface area contributed by atoms with Gasteiger partial charge in [-0.15, -0.1) is 0 Å². The Morgan fingerprint density at radius 1 is 1.30 bits per heavy atom. The van der Waals surface area contributed by atoms with E-state index in [1.54, 1.807) is 13.2 Å². The lowest BCUT2D eigenvalue weighted by Crippen LogP contribution is -2.26. The number of nitrogens with one attached hydrogen (secondary N) is 1. The summed E-state index contributed by atoms with van der Waals surface area (Å²) >= 11 is 5.87. The molecule has 6 nitrogen and oxygen atoms in total. The number of hydrogen-bond acceptors (Lipinski definition) is 5. The molecule has 0 fully saturated rings. The average molecular weight is 323 g/mol. The van der Waals surface area contributed by atoms with E-state index in [0.29, 0.717) is 26.2 Å². The predicted molar refractivity (Wildman–Crippen MR) is 78.4 cm³/mol. The minimum Gasteiger partial charge on any atom is -0.398 e. The molecule has 0 amide bonds. The second-order valence-corrected chi connectivity index (χ2v) is 6.13. The van der Waals surface area contributed by atoms with Gasteiger partial charge in [0.25, 0.3) is 0 Å². The van der Waals surface area contributed by atoms with Gasteiger partial charge in [-0.05, 0) is 18.6 Å². The van der Waals surface area contributed by atoms with Gasteiger partial charge in [-0.3, -0.25) is 0 Å². The van der Waals surface area contributed by atoms with Crippen LogP contribution in [-0.2, 0) is 19.5 Å². The molecule has 0 heterocycles. The number of methoxy groups -OCH3 is 1. The van der Waals surface area contributed by atoms with Gasteiger partial charge in [-0.2, -0.15) is 0 Å². The van der Waals surface area contributed by atoms with Crippen molar-refractivity contribution in [3.8, 4) is 0 Å². The maximum Gasteiger partial charge on any atom is 0.244 e. The Hall–Kier alpha value is -0.860. The van der Waals surface area contributed by atoms with Gasteiger partial charge in [-0.1, -0.05) is 17.7 Å². The normalized spacial score (nSPS) is 11.7. The zero-order valence-electron chi connectivity index (χ0n) is 11.3. The number of sulfonamides is 1. The molecule has 0 spiro atoms. The molecule has 114 valence electrons. The van der Waals surface area contributed by atoms with Gasteiger partial charge < -0.3 is 15.2 Å². The Bertz CT molecular complexity index is 502. The van der Waals surface area contributed by atoms with Crippen LogP contribution in [0.1, 0.15) is 6.42 Å². The van der Waals surface area contributed by atoms with Crippen LogP contribution < -0.4 is 10.5 Å². The summed E-state index contributed by atoms with van der Waals surface area (Å²) < 4.78 is 36.6. The number of nitrogen functional groups attached to an aromatic ring is 1. The second kappa shape index (κ2) is 8.43. The van der Waals surface area contributed by atoms with Crippen molar-refractivity contribution in [3.63, 3.8) is 0 Å². The van der Waals surface area contributed by atoms with Gasteiger partial charge in [0, 0.05) is 20.3 Å². The van der Waals surface area contributed by atoms with Crippen LogP contribution in [-0.4, -0.2) is 41.9 Å². The average Bonchev–Trinajstić information content (AvgIpc) is 2.37. The first-order valence-electron chi connectivity index (χ1n) is 6.09. The van der Waals surface area contributed by atoms with Gasteiger partial charge >= 0.3 is 0 Å². The van der Waals surface area contributed by atoms with Crippen molar-refractivity contribution in [3.05, 3.63) is 23.2 Å². The summed E-state index contributed by atoms with van der Waals surface area (Å²) in [7, 11) is -2.12. The van der Waals surface area contributed by atoms with Crippen LogP contribution in [0, 0.1) is 0 Å². The van der Waals surface area contributed by atoms with Crippen molar-refractivity contribution in [1.82, 2.24) is 4.72 Å². The molecule has 0 saturated carbocycles. The van der Waals surface area contributed by atoms with Gasteiger partial charge in [-0.25, -0.2) is 13.1 Å². The standard InChI is InChI=1S/C12H19ClN2O4S/c1-18-8-9-19-7-3-6-15-20(16,17)12-10(13)4-2-5-11(12)14/h2,4-5,15H,3,6-9,14H2,1H3. The van der Waals surface area contributed by atoms with E-state index < -0.39 is 10.0 Å². The molecule has 0 bridgehead atoms. The smallest absolute Gasteiger partial charge is 0.244 e. The predicted octanol–water partition coefficient (Wildman–Crippen LogP) is 1.25. The molecule has 0 unspecified atom stereocenters. The summed E-state index contributed by atoms with van der Waals surface area (Å²) in [6.07, 6.45) is 0.549. The molecule has 0 aliphatic carbocycles. The Balaban J connectivity index is 2.46. The first kappa shape index (κ1) is 17.2. The van der Waals surface area contributed by atoms with Crippen molar-refractivity contribution in [2.45, 2.75) is 11.3 Å². The number of hydrogen-bond donors (Lipinski definition) is 2.